The van der Waals surface area contributed by atoms with E-state index in [1.54, 1.807) is 21.8 Å². The molecule has 2 atom stereocenters. The van der Waals surface area contributed by atoms with Crippen molar-refractivity contribution in [2.75, 3.05) is 11.9 Å². The van der Waals surface area contributed by atoms with Gasteiger partial charge in [0.2, 0.25) is 0 Å². The maximum absolute atomic E-state index is 12.3. The zero-order chi connectivity index (χ0) is 11.8. The van der Waals surface area contributed by atoms with E-state index in [0.717, 1.165) is 6.42 Å². The molecule has 2 heterocycles. The van der Waals surface area contributed by atoms with E-state index in [0.29, 0.717) is 22.0 Å². The molecule has 0 aromatic carbocycles. The Morgan fingerprint density at radius 2 is 2.38 bits per heavy atom. The summed E-state index contributed by atoms with van der Waals surface area (Å²) in [6.07, 6.45) is 0.945. The Morgan fingerprint density at radius 3 is 2.94 bits per heavy atom. The maximum atomic E-state index is 12.3. The molecule has 0 N–H and O–H groups in total. The smallest absolute Gasteiger partial charge is 0.206 e. The van der Waals surface area contributed by atoms with Gasteiger partial charge in [-0.3, -0.25) is 0 Å². The van der Waals surface area contributed by atoms with Crippen molar-refractivity contribution in [3.8, 4) is 0 Å². The monoisotopic (exact) mass is 323 g/mol. The van der Waals surface area contributed by atoms with E-state index in [-0.39, 0.29) is 6.04 Å². The van der Waals surface area contributed by atoms with Gasteiger partial charge in [0.1, 0.15) is 4.21 Å². The van der Waals surface area contributed by atoms with Gasteiger partial charge in [-0.15, -0.1) is 11.3 Å². The summed E-state index contributed by atoms with van der Waals surface area (Å²) in [7, 11) is -3.27. The summed E-state index contributed by atoms with van der Waals surface area (Å²) in [6.45, 7) is 2.74. The van der Waals surface area contributed by atoms with Gasteiger partial charge in [0.15, 0.2) is 0 Å². The second-order valence-electron chi connectivity index (χ2n) is 4.04. The Bertz CT molecular complexity index is 443. The lowest BCUT2D eigenvalue weighted by Crippen LogP contribution is -2.38. The van der Waals surface area contributed by atoms with Crippen LogP contribution < -0.4 is 0 Å². The van der Waals surface area contributed by atoms with Gasteiger partial charge >= 0.3 is 0 Å². The maximum Gasteiger partial charge on any atom is 0.252 e. The molecule has 1 aliphatic rings. The summed E-state index contributed by atoms with van der Waals surface area (Å²) in [5, 5.41) is 2.51. The molecule has 0 aliphatic carbocycles. The van der Waals surface area contributed by atoms with E-state index in [1.807, 2.05) is 0 Å². The van der Waals surface area contributed by atoms with Crippen LogP contribution in [0.15, 0.2) is 21.7 Å². The molecule has 0 saturated carbocycles. The van der Waals surface area contributed by atoms with Crippen LogP contribution in [0.3, 0.4) is 0 Å². The number of thiophene rings is 1. The number of hydrogen-bond acceptors (Lipinski definition) is 3. The fourth-order valence-corrected chi connectivity index (χ4v) is 6.06. The fourth-order valence-electron chi connectivity index (χ4n) is 2.03. The number of sulfonamides is 1. The van der Waals surface area contributed by atoms with Crippen LogP contribution in [0.5, 0.6) is 0 Å². The van der Waals surface area contributed by atoms with Crippen LogP contribution in [0.4, 0.5) is 0 Å². The van der Waals surface area contributed by atoms with Gasteiger partial charge in [0, 0.05) is 17.9 Å². The van der Waals surface area contributed by atoms with Crippen LogP contribution >= 0.6 is 27.3 Å². The standard InChI is InChI=1S/C10H14BrNO2S2/c1-8-4-5-12(9(8)7-11)16(13,14)10-3-2-6-15-10/h2-3,6,8-9H,4-5,7H2,1H3. The second kappa shape index (κ2) is 4.76. The molecule has 1 aromatic heterocycles. The lowest BCUT2D eigenvalue weighted by atomic mass is 10.1. The third-order valence-corrected chi connectivity index (χ3v) is 7.01. The highest BCUT2D eigenvalue weighted by atomic mass is 79.9. The molecule has 1 aliphatic heterocycles. The molecule has 0 spiro atoms. The molecule has 16 heavy (non-hydrogen) atoms. The summed E-state index contributed by atoms with van der Waals surface area (Å²) in [4.78, 5) is 0. The van der Waals surface area contributed by atoms with Crippen LogP contribution in [0.25, 0.3) is 0 Å². The normalized spacial score (nSPS) is 27.4. The fraction of sp³-hybridized carbons (Fsp3) is 0.600. The first-order chi connectivity index (χ1) is 7.57. The minimum atomic E-state index is -3.27. The predicted molar refractivity (Wildman–Crippen MR) is 69.6 cm³/mol. The molecule has 1 aromatic rings. The van der Waals surface area contributed by atoms with E-state index in [2.05, 4.69) is 22.9 Å². The first-order valence-electron chi connectivity index (χ1n) is 5.18. The van der Waals surface area contributed by atoms with Crippen LogP contribution in [0, 0.1) is 5.92 Å². The molecule has 1 saturated heterocycles. The van der Waals surface area contributed by atoms with Crippen LogP contribution in [-0.2, 0) is 10.0 Å². The Balaban J connectivity index is 2.32. The van der Waals surface area contributed by atoms with Gasteiger partial charge in [-0.1, -0.05) is 28.9 Å². The number of halogens is 1. The van der Waals surface area contributed by atoms with Crippen molar-refractivity contribution in [2.24, 2.45) is 5.92 Å². The molecule has 0 amide bonds. The zero-order valence-electron chi connectivity index (χ0n) is 8.97. The van der Waals surface area contributed by atoms with E-state index in [9.17, 15) is 8.42 Å². The van der Waals surface area contributed by atoms with Crippen molar-refractivity contribution in [2.45, 2.75) is 23.6 Å². The van der Waals surface area contributed by atoms with Gasteiger partial charge in [-0.05, 0) is 23.8 Å². The number of nitrogens with zero attached hydrogens (tertiary/aromatic N) is 1. The molecule has 2 unspecified atom stereocenters. The van der Waals surface area contributed by atoms with Gasteiger partial charge in [-0.2, -0.15) is 4.31 Å². The van der Waals surface area contributed by atoms with Crippen LogP contribution in [0.2, 0.25) is 0 Å². The lowest BCUT2D eigenvalue weighted by Gasteiger charge is -2.23. The molecular formula is C10H14BrNO2S2. The van der Waals surface area contributed by atoms with Crippen molar-refractivity contribution in [1.82, 2.24) is 4.31 Å². The number of alkyl halides is 1. The average Bonchev–Trinajstić information content (AvgIpc) is 2.85. The highest BCUT2D eigenvalue weighted by molar-refractivity contribution is 9.09. The van der Waals surface area contributed by atoms with Gasteiger partial charge in [-0.25, -0.2) is 8.42 Å². The Kier molecular flexibility index (Phi) is 3.73. The molecule has 0 bridgehead atoms. The highest BCUT2D eigenvalue weighted by Crippen LogP contribution is 2.32. The molecule has 3 nitrogen and oxygen atoms in total. The average molecular weight is 324 g/mol. The molecule has 1 fully saturated rings. The topological polar surface area (TPSA) is 37.4 Å². The SMILES string of the molecule is CC1CCN(S(=O)(=O)c2cccs2)C1CBr. The minimum absolute atomic E-state index is 0.0899. The summed E-state index contributed by atoms with van der Waals surface area (Å²) >= 11 is 4.70. The first-order valence-corrected chi connectivity index (χ1v) is 8.63. The van der Waals surface area contributed by atoms with Crippen molar-refractivity contribution in [3.63, 3.8) is 0 Å². The third kappa shape index (κ3) is 2.08. The summed E-state index contributed by atoms with van der Waals surface area (Å²) in [6, 6.07) is 3.54. The molecule has 0 radical (unpaired) electrons. The van der Waals surface area contributed by atoms with Crippen molar-refractivity contribution < 1.29 is 8.42 Å². The van der Waals surface area contributed by atoms with E-state index < -0.39 is 10.0 Å². The Morgan fingerprint density at radius 1 is 1.62 bits per heavy atom. The number of hydrogen-bond donors (Lipinski definition) is 0. The number of rotatable bonds is 3. The van der Waals surface area contributed by atoms with Crippen molar-refractivity contribution in [3.05, 3.63) is 17.5 Å². The van der Waals surface area contributed by atoms with Crippen molar-refractivity contribution in [1.29, 1.82) is 0 Å². The summed E-state index contributed by atoms with van der Waals surface area (Å²) in [5.74, 6) is 0.425. The summed E-state index contributed by atoms with van der Waals surface area (Å²) < 4.78 is 26.7. The molecule has 90 valence electrons. The van der Waals surface area contributed by atoms with Gasteiger partial charge < -0.3 is 0 Å². The highest BCUT2D eigenvalue weighted by Gasteiger charge is 2.39. The first kappa shape index (κ1) is 12.5. The van der Waals surface area contributed by atoms with Gasteiger partial charge in [0.25, 0.3) is 10.0 Å². The Labute approximate surface area is 109 Å². The van der Waals surface area contributed by atoms with Crippen LogP contribution in [0.1, 0.15) is 13.3 Å². The predicted octanol–water partition coefficient (Wildman–Crippen LogP) is 2.54. The van der Waals surface area contributed by atoms with E-state index in [1.165, 1.54) is 11.3 Å². The summed E-state index contributed by atoms with van der Waals surface area (Å²) in [5.41, 5.74) is 0. The molecular weight excluding hydrogens is 310 g/mol. The van der Waals surface area contributed by atoms with Crippen molar-refractivity contribution >= 4 is 37.3 Å². The zero-order valence-corrected chi connectivity index (χ0v) is 12.2. The Hall–Kier alpha value is 0.0900. The van der Waals surface area contributed by atoms with E-state index in [4.69, 9.17) is 0 Å². The minimum Gasteiger partial charge on any atom is -0.206 e. The molecule has 6 heteroatoms. The quantitative estimate of drug-likeness (QED) is 0.802. The van der Waals surface area contributed by atoms with Gasteiger partial charge in [0.05, 0.1) is 0 Å². The lowest BCUT2D eigenvalue weighted by molar-refractivity contribution is 0.379. The second-order valence-corrected chi connectivity index (χ2v) is 7.75. The third-order valence-electron chi connectivity index (χ3n) is 3.05. The van der Waals surface area contributed by atoms with E-state index >= 15 is 0 Å². The van der Waals surface area contributed by atoms with Crippen LogP contribution in [-0.4, -0.2) is 30.6 Å². The largest absolute Gasteiger partial charge is 0.252 e. The molecule has 2 rings (SSSR count).